The average molecular weight is 398 g/mol. The average Bonchev–Trinajstić information content (AvgIpc) is 2.63. The molecule has 1 aromatic carbocycles. The summed E-state index contributed by atoms with van der Waals surface area (Å²) in [4.78, 5) is 4.11. The fraction of sp³-hybridized carbons (Fsp3) is 0. The van der Waals surface area contributed by atoms with Gasteiger partial charge in [-0.3, -0.25) is 4.72 Å². The van der Waals surface area contributed by atoms with Gasteiger partial charge in [0.1, 0.15) is 4.90 Å². The van der Waals surface area contributed by atoms with Crippen LogP contribution in [0, 0.1) is 0 Å². The number of hydrogen-bond acceptors (Lipinski definition) is 4. The van der Waals surface area contributed by atoms with Gasteiger partial charge in [-0.25, -0.2) is 13.4 Å². The highest BCUT2D eigenvalue weighted by Crippen LogP contribution is 2.27. The molecule has 1 heterocycles. The van der Waals surface area contributed by atoms with E-state index in [1.165, 1.54) is 17.4 Å². The highest BCUT2D eigenvalue weighted by molar-refractivity contribution is 9.11. The summed E-state index contributed by atoms with van der Waals surface area (Å²) >= 11 is 7.64. The van der Waals surface area contributed by atoms with Crippen molar-refractivity contribution in [2.24, 2.45) is 0 Å². The van der Waals surface area contributed by atoms with Crippen molar-refractivity contribution in [3.8, 4) is 0 Å². The number of nitrogens with zero attached hydrogens (tertiary/aromatic N) is 1. The molecule has 0 unspecified atom stereocenters. The number of rotatable bonds is 3. The molecular formula is C9H6Br2N2O2S2. The van der Waals surface area contributed by atoms with Gasteiger partial charge in [0.15, 0.2) is 5.13 Å². The molecule has 90 valence electrons. The lowest BCUT2D eigenvalue weighted by Crippen LogP contribution is -2.13. The van der Waals surface area contributed by atoms with Gasteiger partial charge in [-0.1, -0.05) is 23.5 Å². The molecule has 17 heavy (non-hydrogen) atoms. The molecule has 1 aromatic heterocycles. The van der Waals surface area contributed by atoms with Gasteiger partial charge in [-0.15, -0.1) is 0 Å². The zero-order valence-corrected chi connectivity index (χ0v) is 13.0. The second kappa shape index (κ2) is 5.05. The zero-order chi connectivity index (χ0) is 12.5. The molecule has 0 spiro atoms. The van der Waals surface area contributed by atoms with E-state index in [1.54, 1.807) is 24.4 Å². The molecule has 4 nitrogen and oxygen atoms in total. The Balaban J connectivity index is 2.35. The Hall–Kier alpha value is -0.440. The van der Waals surface area contributed by atoms with E-state index in [0.717, 1.165) is 3.79 Å². The molecule has 0 bridgehead atoms. The molecule has 0 fully saturated rings. The van der Waals surface area contributed by atoms with Crippen LogP contribution in [0.1, 0.15) is 0 Å². The third-order valence-electron chi connectivity index (χ3n) is 1.83. The quantitative estimate of drug-likeness (QED) is 0.862. The Morgan fingerprint density at radius 2 is 1.94 bits per heavy atom. The van der Waals surface area contributed by atoms with Crippen molar-refractivity contribution < 1.29 is 8.42 Å². The van der Waals surface area contributed by atoms with Crippen LogP contribution < -0.4 is 4.72 Å². The monoisotopic (exact) mass is 396 g/mol. The second-order valence-electron chi connectivity index (χ2n) is 3.01. The standard InChI is InChI=1S/C9H6Br2N2O2S2/c10-6-3-1-2-4-7(6)17(14,15)13-9-12-5-8(11)16-9/h1-5H,(H,12,13). The van der Waals surface area contributed by atoms with E-state index in [2.05, 4.69) is 41.6 Å². The van der Waals surface area contributed by atoms with E-state index >= 15 is 0 Å². The Kier molecular flexibility index (Phi) is 3.86. The minimum atomic E-state index is -3.60. The number of sulfonamides is 1. The molecule has 0 aliphatic heterocycles. The molecule has 8 heteroatoms. The van der Waals surface area contributed by atoms with Crippen molar-refractivity contribution in [2.75, 3.05) is 4.72 Å². The third kappa shape index (κ3) is 3.06. The maximum absolute atomic E-state index is 12.0. The lowest BCUT2D eigenvalue weighted by molar-refractivity contribution is 0.600. The van der Waals surface area contributed by atoms with E-state index in [-0.39, 0.29) is 4.90 Å². The van der Waals surface area contributed by atoms with Crippen LogP contribution in [0.4, 0.5) is 5.13 Å². The topological polar surface area (TPSA) is 59.1 Å². The normalized spacial score (nSPS) is 11.4. The fourth-order valence-corrected chi connectivity index (χ4v) is 4.49. The molecule has 1 N–H and O–H groups in total. The minimum absolute atomic E-state index is 0.186. The van der Waals surface area contributed by atoms with Crippen LogP contribution in [0.25, 0.3) is 0 Å². The summed E-state index contributed by atoms with van der Waals surface area (Å²) in [7, 11) is -3.60. The predicted molar refractivity (Wildman–Crippen MR) is 74.8 cm³/mol. The van der Waals surface area contributed by atoms with Crippen LogP contribution in [-0.4, -0.2) is 13.4 Å². The molecule has 2 rings (SSSR count). The molecule has 0 saturated carbocycles. The first-order valence-electron chi connectivity index (χ1n) is 4.38. The number of hydrogen-bond donors (Lipinski definition) is 1. The van der Waals surface area contributed by atoms with E-state index in [4.69, 9.17) is 0 Å². The number of halogens is 2. The third-order valence-corrected chi connectivity index (χ3v) is 5.70. The molecule has 0 aliphatic rings. The Morgan fingerprint density at radius 1 is 1.24 bits per heavy atom. The molecule has 0 atom stereocenters. The van der Waals surface area contributed by atoms with Gasteiger partial charge < -0.3 is 0 Å². The zero-order valence-electron chi connectivity index (χ0n) is 8.22. The molecule has 0 saturated heterocycles. The van der Waals surface area contributed by atoms with Crippen molar-refractivity contribution in [1.82, 2.24) is 4.98 Å². The van der Waals surface area contributed by atoms with Crippen molar-refractivity contribution in [3.05, 3.63) is 38.7 Å². The number of benzene rings is 1. The summed E-state index contributed by atoms with van der Waals surface area (Å²) in [6, 6.07) is 6.61. The van der Waals surface area contributed by atoms with Crippen LogP contribution in [0.3, 0.4) is 0 Å². The van der Waals surface area contributed by atoms with E-state index in [0.29, 0.717) is 9.60 Å². The van der Waals surface area contributed by atoms with Crippen molar-refractivity contribution in [2.45, 2.75) is 4.90 Å². The first-order valence-corrected chi connectivity index (χ1v) is 8.26. The maximum Gasteiger partial charge on any atom is 0.264 e. The highest BCUT2D eigenvalue weighted by atomic mass is 79.9. The lowest BCUT2D eigenvalue weighted by Gasteiger charge is -2.06. The van der Waals surface area contributed by atoms with Crippen LogP contribution >= 0.6 is 43.2 Å². The number of aromatic nitrogens is 1. The summed E-state index contributed by atoms with van der Waals surface area (Å²) in [6.07, 6.45) is 1.54. The summed E-state index contributed by atoms with van der Waals surface area (Å²) in [5.74, 6) is 0. The summed E-state index contributed by atoms with van der Waals surface area (Å²) in [5, 5.41) is 0.327. The Labute approximate surface area is 119 Å². The predicted octanol–water partition coefficient (Wildman–Crippen LogP) is 3.47. The number of anilines is 1. The first kappa shape index (κ1) is 13.0. The van der Waals surface area contributed by atoms with E-state index in [9.17, 15) is 8.42 Å². The molecule has 0 amide bonds. The van der Waals surface area contributed by atoms with Crippen molar-refractivity contribution >= 4 is 58.4 Å². The molecule has 0 radical (unpaired) electrons. The van der Waals surface area contributed by atoms with Gasteiger partial charge in [0.2, 0.25) is 0 Å². The van der Waals surface area contributed by atoms with Crippen molar-refractivity contribution in [1.29, 1.82) is 0 Å². The minimum Gasteiger partial charge on any atom is -0.255 e. The molecule has 2 aromatic rings. The summed E-state index contributed by atoms with van der Waals surface area (Å²) in [6.45, 7) is 0. The smallest absolute Gasteiger partial charge is 0.255 e. The molecule has 0 aliphatic carbocycles. The van der Waals surface area contributed by atoms with E-state index in [1.807, 2.05) is 0 Å². The maximum atomic E-state index is 12.0. The number of thiazole rings is 1. The van der Waals surface area contributed by atoms with Crippen LogP contribution in [-0.2, 0) is 10.0 Å². The SMILES string of the molecule is O=S(=O)(Nc1ncc(Br)s1)c1ccccc1Br. The fourth-order valence-electron chi connectivity index (χ4n) is 1.13. The first-order chi connectivity index (χ1) is 7.99. The molecular weight excluding hydrogens is 392 g/mol. The number of nitrogens with one attached hydrogen (secondary N) is 1. The van der Waals surface area contributed by atoms with Gasteiger partial charge in [0, 0.05) is 4.47 Å². The van der Waals surface area contributed by atoms with Gasteiger partial charge in [0.25, 0.3) is 10.0 Å². The van der Waals surface area contributed by atoms with Gasteiger partial charge in [-0.05, 0) is 44.0 Å². The lowest BCUT2D eigenvalue weighted by atomic mass is 10.4. The van der Waals surface area contributed by atoms with Gasteiger partial charge in [-0.2, -0.15) is 0 Å². The Morgan fingerprint density at radius 3 is 2.53 bits per heavy atom. The van der Waals surface area contributed by atoms with E-state index < -0.39 is 10.0 Å². The van der Waals surface area contributed by atoms with Crippen molar-refractivity contribution in [3.63, 3.8) is 0 Å². The Bertz CT molecular complexity index is 640. The van der Waals surface area contributed by atoms with Gasteiger partial charge >= 0.3 is 0 Å². The van der Waals surface area contributed by atoms with Crippen LogP contribution in [0.15, 0.2) is 43.6 Å². The summed E-state index contributed by atoms with van der Waals surface area (Å²) < 4.78 is 27.8. The second-order valence-corrected chi connectivity index (χ2v) is 7.92. The van der Waals surface area contributed by atoms with Crippen LogP contribution in [0.2, 0.25) is 0 Å². The largest absolute Gasteiger partial charge is 0.264 e. The highest BCUT2D eigenvalue weighted by Gasteiger charge is 2.18. The van der Waals surface area contributed by atoms with Crippen LogP contribution in [0.5, 0.6) is 0 Å². The summed E-state index contributed by atoms with van der Waals surface area (Å²) in [5.41, 5.74) is 0. The van der Waals surface area contributed by atoms with Gasteiger partial charge in [0.05, 0.1) is 9.98 Å².